The Labute approximate surface area is 165 Å². The van der Waals surface area contributed by atoms with Gasteiger partial charge in [-0.15, -0.1) is 0 Å². The first kappa shape index (κ1) is 17.5. The molecule has 1 heterocycles. The molecule has 0 aliphatic carbocycles. The van der Waals surface area contributed by atoms with E-state index in [1.807, 2.05) is 67.6 Å². The molecule has 0 saturated carbocycles. The van der Waals surface area contributed by atoms with E-state index in [1.165, 1.54) is 0 Å². The molecular formula is C22H17BrN2O2. The van der Waals surface area contributed by atoms with Gasteiger partial charge < -0.3 is 10.2 Å². The summed E-state index contributed by atoms with van der Waals surface area (Å²) >= 11 is 3.51. The number of benzene rings is 3. The normalized spacial score (nSPS) is 12.8. The molecule has 3 aromatic carbocycles. The van der Waals surface area contributed by atoms with Crippen molar-refractivity contribution in [3.8, 4) is 0 Å². The van der Waals surface area contributed by atoms with Crippen molar-refractivity contribution in [3.05, 3.63) is 93.5 Å². The standard InChI is InChI=1S/C22H17BrN2O2/c1-14-5-4-7-15(11-14)21(26)24-20-10-9-17(12-19(20)23)25-13-16-6-2-3-8-18(16)22(25)27/h2-12H,13H2,1H3,(H,24,26). The van der Waals surface area contributed by atoms with Crippen LogP contribution in [0.3, 0.4) is 0 Å². The van der Waals surface area contributed by atoms with E-state index in [2.05, 4.69) is 21.2 Å². The van der Waals surface area contributed by atoms with E-state index >= 15 is 0 Å². The Bertz CT molecular complexity index is 1060. The molecule has 0 bridgehead atoms. The van der Waals surface area contributed by atoms with E-state index in [-0.39, 0.29) is 11.8 Å². The third-order valence-corrected chi connectivity index (χ3v) is 5.27. The van der Waals surface area contributed by atoms with Crippen molar-refractivity contribution in [1.29, 1.82) is 0 Å². The summed E-state index contributed by atoms with van der Waals surface area (Å²) in [6, 6.07) is 20.6. The minimum atomic E-state index is -0.170. The lowest BCUT2D eigenvalue weighted by molar-refractivity contribution is 0.0994. The van der Waals surface area contributed by atoms with Gasteiger partial charge in [-0.2, -0.15) is 0 Å². The van der Waals surface area contributed by atoms with E-state index in [4.69, 9.17) is 0 Å². The van der Waals surface area contributed by atoms with Crippen LogP contribution in [0.15, 0.2) is 71.2 Å². The van der Waals surface area contributed by atoms with Crippen LogP contribution >= 0.6 is 15.9 Å². The zero-order chi connectivity index (χ0) is 19.0. The highest BCUT2D eigenvalue weighted by atomic mass is 79.9. The van der Waals surface area contributed by atoms with Crippen molar-refractivity contribution in [3.63, 3.8) is 0 Å². The van der Waals surface area contributed by atoms with Crippen LogP contribution in [0.2, 0.25) is 0 Å². The lowest BCUT2D eigenvalue weighted by Crippen LogP contribution is -2.23. The fraction of sp³-hybridized carbons (Fsp3) is 0.0909. The summed E-state index contributed by atoms with van der Waals surface area (Å²) in [5.41, 5.74) is 4.85. The molecule has 27 heavy (non-hydrogen) atoms. The predicted octanol–water partition coefficient (Wildman–Crippen LogP) is 5.17. The number of hydrogen-bond donors (Lipinski definition) is 1. The molecule has 0 atom stereocenters. The summed E-state index contributed by atoms with van der Waals surface area (Å²) < 4.78 is 0.727. The first-order chi connectivity index (χ1) is 13.0. The van der Waals surface area contributed by atoms with E-state index in [9.17, 15) is 9.59 Å². The number of carbonyl (C=O) groups is 2. The van der Waals surface area contributed by atoms with Gasteiger partial charge in [0.15, 0.2) is 0 Å². The molecule has 4 rings (SSSR count). The summed E-state index contributed by atoms with van der Waals surface area (Å²) in [4.78, 5) is 26.8. The van der Waals surface area contributed by atoms with Gasteiger partial charge in [-0.25, -0.2) is 0 Å². The average molecular weight is 421 g/mol. The summed E-state index contributed by atoms with van der Waals surface area (Å²) in [6.45, 7) is 2.50. The second-order valence-corrected chi connectivity index (χ2v) is 7.39. The molecule has 1 aliphatic rings. The number of fused-ring (bicyclic) bond motifs is 1. The highest BCUT2D eigenvalue weighted by Gasteiger charge is 2.28. The Kier molecular flexibility index (Phi) is 4.54. The molecule has 4 nitrogen and oxygen atoms in total. The first-order valence-corrected chi connectivity index (χ1v) is 9.39. The molecule has 0 saturated heterocycles. The molecule has 0 spiro atoms. The second-order valence-electron chi connectivity index (χ2n) is 6.54. The quantitative estimate of drug-likeness (QED) is 0.635. The van der Waals surface area contributed by atoms with E-state index in [0.717, 1.165) is 26.9 Å². The minimum Gasteiger partial charge on any atom is -0.321 e. The van der Waals surface area contributed by atoms with Crippen molar-refractivity contribution in [2.24, 2.45) is 0 Å². The third kappa shape index (κ3) is 3.38. The fourth-order valence-electron chi connectivity index (χ4n) is 3.22. The van der Waals surface area contributed by atoms with E-state index < -0.39 is 0 Å². The number of amides is 2. The largest absolute Gasteiger partial charge is 0.321 e. The highest BCUT2D eigenvalue weighted by Crippen LogP contribution is 2.33. The Balaban J connectivity index is 1.55. The molecule has 3 aromatic rings. The van der Waals surface area contributed by atoms with Gasteiger partial charge >= 0.3 is 0 Å². The topological polar surface area (TPSA) is 49.4 Å². The van der Waals surface area contributed by atoms with Crippen molar-refractivity contribution in [2.45, 2.75) is 13.5 Å². The molecule has 0 unspecified atom stereocenters. The number of anilines is 2. The predicted molar refractivity (Wildman–Crippen MR) is 110 cm³/mol. The van der Waals surface area contributed by atoms with Gasteiger partial charge in [-0.1, -0.05) is 35.9 Å². The van der Waals surface area contributed by atoms with Crippen molar-refractivity contribution in [1.82, 2.24) is 0 Å². The van der Waals surface area contributed by atoms with Gasteiger partial charge in [-0.3, -0.25) is 9.59 Å². The van der Waals surface area contributed by atoms with Crippen molar-refractivity contribution in [2.75, 3.05) is 10.2 Å². The fourth-order valence-corrected chi connectivity index (χ4v) is 3.68. The Morgan fingerprint density at radius 3 is 2.59 bits per heavy atom. The Morgan fingerprint density at radius 1 is 1.04 bits per heavy atom. The van der Waals surface area contributed by atoms with Crippen LogP contribution in [0, 0.1) is 6.92 Å². The van der Waals surface area contributed by atoms with E-state index in [1.54, 1.807) is 11.0 Å². The maximum atomic E-state index is 12.6. The van der Waals surface area contributed by atoms with Gasteiger partial charge in [-0.05, 0) is 64.8 Å². The van der Waals surface area contributed by atoms with Crippen LogP contribution in [0.1, 0.15) is 31.8 Å². The van der Waals surface area contributed by atoms with Gasteiger partial charge in [0.2, 0.25) is 0 Å². The molecule has 0 radical (unpaired) electrons. The maximum Gasteiger partial charge on any atom is 0.258 e. The number of nitrogens with one attached hydrogen (secondary N) is 1. The zero-order valence-electron chi connectivity index (χ0n) is 14.7. The number of aryl methyl sites for hydroxylation is 1. The van der Waals surface area contributed by atoms with Crippen molar-refractivity contribution < 1.29 is 9.59 Å². The number of rotatable bonds is 3. The summed E-state index contributed by atoms with van der Waals surface area (Å²) in [5.74, 6) is -0.175. The zero-order valence-corrected chi connectivity index (χ0v) is 16.3. The maximum absolute atomic E-state index is 12.6. The number of hydrogen-bond acceptors (Lipinski definition) is 2. The third-order valence-electron chi connectivity index (χ3n) is 4.61. The van der Waals surface area contributed by atoms with Crippen LogP contribution < -0.4 is 10.2 Å². The summed E-state index contributed by atoms with van der Waals surface area (Å²) in [7, 11) is 0. The van der Waals surface area contributed by atoms with Gasteiger partial charge in [0.25, 0.3) is 11.8 Å². The molecule has 5 heteroatoms. The lowest BCUT2D eigenvalue weighted by atomic mass is 10.1. The Morgan fingerprint density at radius 2 is 1.85 bits per heavy atom. The van der Waals surface area contributed by atoms with Crippen molar-refractivity contribution >= 4 is 39.1 Å². The molecule has 1 N–H and O–H groups in total. The Hall–Kier alpha value is -2.92. The average Bonchev–Trinajstić information content (AvgIpc) is 3.00. The second kappa shape index (κ2) is 7.00. The van der Waals surface area contributed by atoms with E-state index in [0.29, 0.717) is 17.8 Å². The van der Waals surface area contributed by atoms with Crippen LogP contribution in [0.5, 0.6) is 0 Å². The van der Waals surface area contributed by atoms with Gasteiger partial charge in [0.05, 0.1) is 12.2 Å². The smallest absolute Gasteiger partial charge is 0.258 e. The number of nitrogens with zero attached hydrogens (tertiary/aromatic N) is 1. The molecule has 2 amide bonds. The first-order valence-electron chi connectivity index (χ1n) is 8.60. The summed E-state index contributed by atoms with van der Waals surface area (Å²) in [6.07, 6.45) is 0. The van der Waals surface area contributed by atoms with Crippen LogP contribution in [-0.4, -0.2) is 11.8 Å². The highest BCUT2D eigenvalue weighted by molar-refractivity contribution is 9.10. The summed E-state index contributed by atoms with van der Waals surface area (Å²) in [5, 5.41) is 2.91. The molecule has 0 fully saturated rings. The number of halogens is 1. The van der Waals surface area contributed by atoms with Crippen LogP contribution in [0.25, 0.3) is 0 Å². The lowest BCUT2D eigenvalue weighted by Gasteiger charge is -2.17. The number of carbonyl (C=O) groups excluding carboxylic acids is 2. The van der Waals surface area contributed by atoms with Crippen LogP contribution in [-0.2, 0) is 6.54 Å². The van der Waals surface area contributed by atoms with Gasteiger partial charge in [0, 0.05) is 21.3 Å². The SMILES string of the molecule is Cc1cccc(C(=O)Nc2ccc(N3Cc4ccccc4C3=O)cc2Br)c1. The minimum absolute atomic E-state index is 0.00551. The van der Waals surface area contributed by atoms with Crippen LogP contribution in [0.4, 0.5) is 11.4 Å². The monoisotopic (exact) mass is 420 g/mol. The van der Waals surface area contributed by atoms with Gasteiger partial charge in [0.1, 0.15) is 0 Å². The molecule has 1 aliphatic heterocycles. The molecule has 134 valence electrons. The molecule has 0 aromatic heterocycles. The molecular weight excluding hydrogens is 404 g/mol.